The first kappa shape index (κ1) is 16.8. The molecule has 2 aromatic carbocycles. The van der Waals surface area contributed by atoms with Crippen molar-refractivity contribution in [3.8, 4) is 5.75 Å². The van der Waals surface area contributed by atoms with Crippen LogP contribution in [0.25, 0.3) is 0 Å². The first-order valence-corrected chi connectivity index (χ1v) is 7.86. The van der Waals surface area contributed by atoms with E-state index in [1.54, 1.807) is 30.3 Å². The first-order chi connectivity index (χ1) is 11.2. The summed E-state index contributed by atoms with van der Waals surface area (Å²) >= 11 is 0. The minimum atomic E-state index is -0.0517. The average molecular weight is 309 g/mol. The molecule has 0 aliphatic heterocycles. The van der Waals surface area contributed by atoms with Crippen molar-refractivity contribution in [1.82, 2.24) is 5.32 Å². The molecule has 0 bridgehead atoms. The van der Waals surface area contributed by atoms with E-state index in [9.17, 15) is 4.79 Å². The van der Waals surface area contributed by atoms with Gasteiger partial charge in [0.15, 0.2) is 0 Å². The van der Waals surface area contributed by atoms with Crippen LogP contribution in [-0.2, 0) is 6.42 Å². The molecule has 0 unspecified atom stereocenters. The Morgan fingerprint density at radius 2 is 1.83 bits per heavy atom. The molecule has 1 N–H and O–H groups in total. The van der Waals surface area contributed by atoms with Crippen molar-refractivity contribution in [1.29, 1.82) is 0 Å². The van der Waals surface area contributed by atoms with Gasteiger partial charge in [0.2, 0.25) is 0 Å². The fourth-order valence-corrected chi connectivity index (χ4v) is 2.21. The molecule has 120 valence electrons. The zero-order valence-electron chi connectivity index (χ0n) is 13.5. The number of hydrogen-bond acceptors (Lipinski definition) is 2. The second-order valence-corrected chi connectivity index (χ2v) is 5.47. The second kappa shape index (κ2) is 8.79. The van der Waals surface area contributed by atoms with Crippen molar-refractivity contribution in [2.75, 3.05) is 13.2 Å². The standard InChI is InChI=1S/C20H23NO2/c1-3-15-23-19-12-10-18(11-13-19)20(22)21-14-4-5-17-8-6-16(2)7-9-17/h3,6-13H,1,4-5,14-15H2,2H3,(H,21,22). The van der Waals surface area contributed by atoms with Crippen molar-refractivity contribution >= 4 is 5.91 Å². The summed E-state index contributed by atoms with van der Waals surface area (Å²) in [5.41, 5.74) is 3.21. The minimum Gasteiger partial charge on any atom is -0.490 e. The van der Waals surface area contributed by atoms with Crippen molar-refractivity contribution in [3.05, 3.63) is 77.9 Å². The maximum absolute atomic E-state index is 12.1. The van der Waals surface area contributed by atoms with Gasteiger partial charge in [0.1, 0.15) is 12.4 Å². The van der Waals surface area contributed by atoms with Gasteiger partial charge in [0.05, 0.1) is 0 Å². The fraction of sp³-hybridized carbons (Fsp3) is 0.250. The predicted molar refractivity (Wildman–Crippen MR) is 94.0 cm³/mol. The molecule has 0 atom stereocenters. The van der Waals surface area contributed by atoms with Crippen LogP contribution in [0, 0.1) is 6.92 Å². The third-order valence-electron chi connectivity index (χ3n) is 3.53. The lowest BCUT2D eigenvalue weighted by Gasteiger charge is -2.07. The first-order valence-electron chi connectivity index (χ1n) is 7.86. The largest absolute Gasteiger partial charge is 0.490 e. The summed E-state index contributed by atoms with van der Waals surface area (Å²) < 4.78 is 5.40. The molecular formula is C20H23NO2. The van der Waals surface area contributed by atoms with E-state index in [2.05, 4.69) is 43.1 Å². The number of ether oxygens (including phenoxy) is 1. The Balaban J connectivity index is 1.73. The van der Waals surface area contributed by atoms with Gasteiger partial charge in [-0.3, -0.25) is 4.79 Å². The van der Waals surface area contributed by atoms with Crippen LogP contribution < -0.4 is 10.1 Å². The minimum absolute atomic E-state index is 0.0517. The smallest absolute Gasteiger partial charge is 0.251 e. The number of carbonyl (C=O) groups is 1. The van der Waals surface area contributed by atoms with E-state index in [0.29, 0.717) is 18.7 Å². The van der Waals surface area contributed by atoms with Gasteiger partial charge in [-0.05, 0) is 49.6 Å². The molecule has 0 aliphatic rings. The molecule has 0 radical (unpaired) electrons. The molecule has 2 rings (SSSR count). The molecular weight excluding hydrogens is 286 g/mol. The highest BCUT2D eigenvalue weighted by Crippen LogP contribution is 2.12. The molecule has 0 spiro atoms. The highest BCUT2D eigenvalue weighted by atomic mass is 16.5. The fourth-order valence-electron chi connectivity index (χ4n) is 2.21. The predicted octanol–water partition coefficient (Wildman–Crippen LogP) is 3.92. The number of aryl methyl sites for hydroxylation is 2. The Morgan fingerprint density at radius 1 is 1.13 bits per heavy atom. The maximum atomic E-state index is 12.1. The quantitative estimate of drug-likeness (QED) is 0.593. The molecule has 1 amide bonds. The van der Waals surface area contributed by atoms with E-state index in [4.69, 9.17) is 4.74 Å². The summed E-state index contributed by atoms with van der Waals surface area (Å²) in [6.07, 6.45) is 3.58. The molecule has 3 heteroatoms. The SMILES string of the molecule is C=CCOc1ccc(C(=O)NCCCc2ccc(C)cc2)cc1. The van der Waals surface area contributed by atoms with Crippen LogP contribution in [0.1, 0.15) is 27.9 Å². The summed E-state index contributed by atoms with van der Waals surface area (Å²) in [7, 11) is 0. The van der Waals surface area contributed by atoms with E-state index in [-0.39, 0.29) is 5.91 Å². The van der Waals surface area contributed by atoms with Gasteiger partial charge in [0, 0.05) is 12.1 Å². The van der Waals surface area contributed by atoms with Gasteiger partial charge in [-0.25, -0.2) is 0 Å². The number of carbonyl (C=O) groups excluding carboxylic acids is 1. The van der Waals surface area contributed by atoms with Crippen LogP contribution in [0.15, 0.2) is 61.2 Å². The molecule has 0 aliphatic carbocycles. The zero-order valence-corrected chi connectivity index (χ0v) is 13.5. The topological polar surface area (TPSA) is 38.3 Å². The summed E-state index contributed by atoms with van der Waals surface area (Å²) in [5, 5.41) is 2.95. The summed E-state index contributed by atoms with van der Waals surface area (Å²) in [6.45, 7) is 6.81. The lowest BCUT2D eigenvalue weighted by atomic mass is 10.1. The van der Waals surface area contributed by atoms with Gasteiger partial charge in [-0.15, -0.1) is 0 Å². The van der Waals surface area contributed by atoms with Crippen molar-refractivity contribution in [2.45, 2.75) is 19.8 Å². The monoisotopic (exact) mass is 309 g/mol. The number of hydrogen-bond donors (Lipinski definition) is 1. The van der Waals surface area contributed by atoms with Crippen molar-refractivity contribution < 1.29 is 9.53 Å². The maximum Gasteiger partial charge on any atom is 0.251 e. The van der Waals surface area contributed by atoms with E-state index in [1.807, 2.05) is 0 Å². The summed E-state index contributed by atoms with van der Waals surface area (Å²) in [4.78, 5) is 12.1. The highest BCUT2D eigenvalue weighted by Gasteiger charge is 2.05. The highest BCUT2D eigenvalue weighted by molar-refractivity contribution is 5.94. The normalized spacial score (nSPS) is 10.1. The van der Waals surface area contributed by atoms with E-state index >= 15 is 0 Å². The Kier molecular flexibility index (Phi) is 6.42. The molecule has 0 aromatic heterocycles. The van der Waals surface area contributed by atoms with Gasteiger partial charge < -0.3 is 10.1 Å². The molecule has 0 fully saturated rings. The third kappa shape index (κ3) is 5.62. The van der Waals surface area contributed by atoms with Crippen molar-refractivity contribution in [2.24, 2.45) is 0 Å². The Hall–Kier alpha value is -2.55. The summed E-state index contributed by atoms with van der Waals surface area (Å²) in [6, 6.07) is 15.6. The molecule has 23 heavy (non-hydrogen) atoms. The van der Waals surface area contributed by atoms with Gasteiger partial charge in [0.25, 0.3) is 5.91 Å². The van der Waals surface area contributed by atoms with E-state index < -0.39 is 0 Å². The molecule has 3 nitrogen and oxygen atoms in total. The van der Waals surface area contributed by atoms with E-state index in [0.717, 1.165) is 18.6 Å². The molecule has 0 saturated carbocycles. The van der Waals surface area contributed by atoms with Crippen LogP contribution >= 0.6 is 0 Å². The third-order valence-corrected chi connectivity index (χ3v) is 3.53. The number of amides is 1. The van der Waals surface area contributed by atoms with Crippen LogP contribution in [0.4, 0.5) is 0 Å². The Bertz CT molecular complexity index is 630. The summed E-state index contributed by atoms with van der Waals surface area (Å²) in [5.74, 6) is 0.685. The van der Waals surface area contributed by atoms with Gasteiger partial charge in [-0.1, -0.05) is 42.5 Å². The molecule has 0 heterocycles. The van der Waals surface area contributed by atoms with Crippen LogP contribution in [0.5, 0.6) is 5.75 Å². The van der Waals surface area contributed by atoms with Crippen LogP contribution in [0.2, 0.25) is 0 Å². The number of rotatable bonds is 8. The Labute approximate surface area is 138 Å². The average Bonchev–Trinajstić information content (AvgIpc) is 2.58. The van der Waals surface area contributed by atoms with Crippen LogP contribution in [0.3, 0.4) is 0 Å². The lowest BCUT2D eigenvalue weighted by molar-refractivity contribution is 0.0953. The molecule has 0 saturated heterocycles. The van der Waals surface area contributed by atoms with Gasteiger partial charge in [-0.2, -0.15) is 0 Å². The number of nitrogens with one attached hydrogen (secondary N) is 1. The van der Waals surface area contributed by atoms with Gasteiger partial charge >= 0.3 is 0 Å². The molecule has 2 aromatic rings. The Morgan fingerprint density at radius 3 is 2.48 bits per heavy atom. The second-order valence-electron chi connectivity index (χ2n) is 5.47. The lowest BCUT2D eigenvalue weighted by Crippen LogP contribution is -2.24. The van der Waals surface area contributed by atoms with E-state index in [1.165, 1.54) is 11.1 Å². The van der Waals surface area contributed by atoms with Crippen LogP contribution in [-0.4, -0.2) is 19.1 Å². The zero-order chi connectivity index (χ0) is 16.5. The van der Waals surface area contributed by atoms with Crippen molar-refractivity contribution in [3.63, 3.8) is 0 Å². The number of benzene rings is 2.